The number of nitrogens with zero attached hydrogens (tertiary/aromatic N) is 1. The first-order valence-electron chi connectivity index (χ1n) is 6.21. The second-order valence-corrected chi connectivity index (χ2v) is 4.80. The number of hydrogen-bond acceptors (Lipinski definition) is 1. The monoisotopic (exact) mass is 283 g/mol. The van der Waals surface area contributed by atoms with Gasteiger partial charge in [0.1, 0.15) is 11.0 Å². The Hall–Kier alpha value is -2.19. The summed E-state index contributed by atoms with van der Waals surface area (Å²) in [7, 11) is 0. The summed E-state index contributed by atoms with van der Waals surface area (Å²) >= 11 is 6.17. The zero-order valence-electron chi connectivity index (χ0n) is 10.6. The summed E-state index contributed by atoms with van der Waals surface area (Å²) in [6.45, 7) is 0. The van der Waals surface area contributed by atoms with Crippen molar-refractivity contribution in [3.05, 3.63) is 76.7 Å². The Balaban J connectivity index is 1.97. The number of rotatable bonds is 2. The zero-order chi connectivity index (χ0) is 13.9. The van der Waals surface area contributed by atoms with Crippen molar-refractivity contribution in [2.24, 2.45) is 0 Å². The second kappa shape index (κ2) is 5.43. The average molecular weight is 284 g/mol. The fourth-order valence-corrected chi connectivity index (χ4v) is 2.19. The summed E-state index contributed by atoms with van der Waals surface area (Å²) in [6, 6.07) is 16.1. The van der Waals surface area contributed by atoms with E-state index in [1.54, 1.807) is 12.1 Å². The largest absolute Gasteiger partial charge is 0.235 e. The number of benzene rings is 2. The minimum atomic E-state index is -0.243. The maximum Gasteiger partial charge on any atom is 0.136 e. The lowest BCUT2D eigenvalue weighted by atomic mass is 10.1. The molecule has 0 atom stereocenters. The lowest BCUT2D eigenvalue weighted by Gasteiger charge is -2.02. The van der Waals surface area contributed by atoms with Crippen LogP contribution in [0.15, 0.2) is 54.6 Å². The van der Waals surface area contributed by atoms with Gasteiger partial charge in [-0.2, -0.15) is 0 Å². The molecule has 98 valence electrons. The molecule has 0 fully saturated rings. The normalized spacial score (nSPS) is 11.3. The van der Waals surface area contributed by atoms with E-state index in [0.29, 0.717) is 5.15 Å². The number of aromatic nitrogens is 1. The third kappa shape index (κ3) is 2.70. The van der Waals surface area contributed by atoms with Crippen molar-refractivity contribution >= 4 is 34.7 Å². The van der Waals surface area contributed by atoms with Crippen LogP contribution in [0.25, 0.3) is 23.1 Å². The SMILES string of the molecule is Fc1ccc(/C=C\c2cc3ccccc3nc2Cl)cc1. The highest BCUT2D eigenvalue weighted by molar-refractivity contribution is 6.31. The molecule has 0 saturated heterocycles. The topological polar surface area (TPSA) is 12.9 Å². The molecule has 3 aromatic rings. The van der Waals surface area contributed by atoms with Gasteiger partial charge in [-0.3, -0.25) is 0 Å². The van der Waals surface area contributed by atoms with Gasteiger partial charge in [-0.05, 0) is 29.8 Å². The van der Waals surface area contributed by atoms with E-state index < -0.39 is 0 Å². The van der Waals surface area contributed by atoms with E-state index in [-0.39, 0.29) is 5.82 Å². The Morgan fingerprint density at radius 3 is 2.50 bits per heavy atom. The number of fused-ring (bicyclic) bond motifs is 1. The van der Waals surface area contributed by atoms with Crippen LogP contribution in [0.2, 0.25) is 5.15 Å². The molecule has 0 spiro atoms. The number of para-hydroxylation sites is 1. The molecular weight excluding hydrogens is 273 g/mol. The van der Waals surface area contributed by atoms with Crippen LogP contribution < -0.4 is 0 Å². The fourth-order valence-electron chi connectivity index (χ4n) is 1.99. The molecule has 2 aromatic carbocycles. The molecule has 1 aromatic heterocycles. The molecule has 0 aliphatic heterocycles. The van der Waals surface area contributed by atoms with E-state index in [9.17, 15) is 4.39 Å². The van der Waals surface area contributed by atoms with Gasteiger partial charge in [-0.25, -0.2) is 9.37 Å². The van der Waals surface area contributed by atoms with Gasteiger partial charge in [0.2, 0.25) is 0 Å². The van der Waals surface area contributed by atoms with Crippen molar-refractivity contribution < 1.29 is 4.39 Å². The molecular formula is C17H11ClFN. The predicted octanol–water partition coefficient (Wildman–Crippen LogP) is 5.20. The van der Waals surface area contributed by atoms with E-state index in [1.807, 2.05) is 42.5 Å². The maximum atomic E-state index is 12.8. The quantitative estimate of drug-likeness (QED) is 0.589. The Labute approximate surface area is 121 Å². The molecule has 0 saturated carbocycles. The van der Waals surface area contributed by atoms with Crippen molar-refractivity contribution in [3.8, 4) is 0 Å². The minimum absolute atomic E-state index is 0.243. The van der Waals surface area contributed by atoms with Crippen LogP contribution >= 0.6 is 11.6 Å². The summed E-state index contributed by atoms with van der Waals surface area (Å²) < 4.78 is 12.8. The molecule has 0 N–H and O–H groups in total. The lowest BCUT2D eigenvalue weighted by molar-refractivity contribution is 0.628. The molecule has 1 nitrogen and oxygen atoms in total. The van der Waals surface area contributed by atoms with Gasteiger partial charge in [-0.1, -0.05) is 54.1 Å². The molecule has 0 aliphatic rings. The summed E-state index contributed by atoms with van der Waals surface area (Å²) in [5, 5.41) is 1.50. The van der Waals surface area contributed by atoms with Gasteiger partial charge in [-0.15, -0.1) is 0 Å². The van der Waals surface area contributed by atoms with Crippen molar-refractivity contribution in [1.82, 2.24) is 4.98 Å². The van der Waals surface area contributed by atoms with Crippen LogP contribution in [0.4, 0.5) is 4.39 Å². The smallest absolute Gasteiger partial charge is 0.136 e. The average Bonchev–Trinajstić information content (AvgIpc) is 2.47. The molecule has 0 bridgehead atoms. The molecule has 3 rings (SSSR count). The van der Waals surface area contributed by atoms with E-state index in [1.165, 1.54) is 12.1 Å². The Morgan fingerprint density at radius 2 is 1.70 bits per heavy atom. The summed E-state index contributed by atoms with van der Waals surface area (Å²) in [6.07, 6.45) is 3.77. The highest BCUT2D eigenvalue weighted by Crippen LogP contribution is 2.22. The third-order valence-electron chi connectivity index (χ3n) is 3.03. The van der Waals surface area contributed by atoms with E-state index in [0.717, 1.165) is 22.0 Å². The molecule has 0 amide bonds. The van der Waals surface area contributed by atoms with Crippen LogP contribution in [0.5, 0.6) is 0 Å². The number of halogens is 2. The maximum absolute atomic E-state index is 12.8. The van der Waals surface area contributed by atoms with Crippen molar-refractivity contribution in [2.75, 3.05) is 0 Å². The fraction of sp³-hybridized carbons (Fsp3) is 0. The van der Waals surface area contributed by atoms with Crippen molar-refractivity contribution in [2.45, 2.75) is 0 Å². The van der Waals surface area contributed by atoms with Crippen molar-refractivity contribution in [1.29, 1.82) is 0 Å². The second-order valence-electron chi connectivity index (χ2n) is 4.45. The first-order chi connectivity index (χ1) is 9.72. The minimum Gasteiger partial charge on any atom is -0.235 e. The standard InChI is InChI=1S/C17H11ClFN/c18-17-14(8-5-12-6-9-15(19)10-7-12)11-13-3-1-2-4-16(13)20-17/h1-11H/b8-5-. The van der Waals surface area contributed by atoms with Gasteiger partial charge in [0.15, 0.2) is 0 Å². The van der Waals surface area contributed by atoms with Gasteiger partial charge in [0, 0.05) is 10.9 Å². The molecule has 3 heteroatoms. The molecule has 0 radical (unpaired) electrons. The van der Waals surface area contributed by atoms with Crippen LogP contribution in [0.1, 0.15) is 11.1 Å². The van der Waals surface area contributed by atoms with Gasteiger partial charge >= 0.3 is 0 Å². The van der Waals surface area contributed by atoms with Crippen LogP contribution in [0.3, 0.4) is 0 Å². The summed E-state index contributed by atoms with van der Waals surface area (Å²) in [5.41, 5.74) is 2.63. The molecule has 0 unspecified atom stereocenters. The summed E-state index contributed by atoms with van der Waals surface area (Å²) in [4.78, 5) is 4.36. The van der Waals surface area contributed by atoms with E-state index in [2.05, 4.69) is 4.98 Å². The summed E-state index contributed by atoms with van der Waals surface area (Å²) in [5.74, 6) is -0.243. The van der Waals surface area contributed by atoms with E-state index >= 15 is 0 Å². The van der Waals surface area contributed by atoms with Gasteiger partial charge in [0.05, 0.1) is 5.52 Å². The van der Waals surface area contributed by atoms with E-state index in [4.69, 9.17) is 11.6 Å². The molecule has 20 heavy (non-hydrogen) atoms. The Bertz CT molecular complexity index is 779. The first-order valence-corrected chi connectivity index (χ1v) is 6.59. The number of hydrogen-bond donors (Lipinski definition) is 0. The van der Waals surface area contributed by atoms with Crippen LogP contribution in [-0.4, -0.2) is 4.98 Å². The highest BCUT2D eigenvalue weighted by Gasteiger charge is 2.01. The number of pyridine rings is 1. The molecule has 1 heterocycles. The Morgan fingerprint density at radius 1 is 0.950 bits per heavy atom. The van der Waals surface area contributed by atoms with Crippen molar-refractivity contribution in [3.63, 3.8) is 0 Å². The zero-order valence-corrected chi connectivity index (χ0v) is 11.3. The Kier molecular flexibility index (Phi) is 3.48. The molecule has 0 aliphatic carbocycles. The van der Waals surface area contributed by atoms with Crippen LogP contribution in [-0.2, 0) is 0 Å². The van der Waals surface area contributed by atoms with Crippen LogP contribution in [0, 0.1) is 5.82 Å². The highest BCUT2D eigenvalue weighted by atomic mass is 35.5. The van der Waals surface area contributed by atoms with Gasteiger partial charge in [0.25, 0.3) is 0 Å². The lowest BCUT2D eigenvalue weighted by Crippen LogP contribution is -1.84. The van der Waals surface area contributed by atoms with Gasteiger partial charge < -0.3 is 0 Å². The third-order valence-corrected chi connectivity index (χ3v) is 3.33. The predicted molar refractivity (Wildman–Crippen MR) is 82.1 cm³/mol. The first kappa shape index (κ1) is 12.8.